The molecule has 0 saturated heterocycles. The molecule has 0 amide bonds. The van der Waals surface area contributed by atoms with E-state index in [1.165, 1.54) is 0 Å². The first-order chi connectivity index (χ1) is 8.74. The molecular formula is C12H18BrClN2O2. The van der Waals surface area contributed by atoms with Crippen LogP contribution < -0.4 is 15.8 Å². The van der Waals surface area contributed by atoms with E-state index in [0.29, 0.717) is 37.1 Å². The molecule has 0 heterocycles. The van der Waals surface area contributed by atoms with Gasteiger partial charge in [-0.1, -0.05) is 27.5 Å². The third kappa shape index (κ3) is 6.56. The van der Waals surface area contributed by atoms with Gasteiger partial charge >= 0.3 is 0 Å². The highest BCUT2D eigenvalue weighted by molar-refractivity contribution is 9.10. The lowest BCUT2D eigenvalue weighted by atomic mass is 10.3. The standard InChI is InChI=1S/C12H18BrClN2O2/c13-10-1-2-12(11(14)9-10)18-8-7-17-6-5-16-4-3-15/h1-2,9,16H,3-8,15H2. The number of hydrogen-bond donors (Lipinski definition) is 2. The Morgan fingerprint density at radius 2 is 2.06 bits per heavy atom. The summed E-state index contributed by atoms with van der Waals surface area (Å²) in [4.78, 5) is 0. The quantitative estimate of drug-likeness (QED) is 0.677. The summed E-state index contributed by atoms with van der Waals surface area (Å²) >= 11 is 9.35. The average Bonchev–Trinajstić information content (AvgIpc) is 2.35. The van der Waals surface area contributed by atoms with Crippen LogP contribution in [0.5, 0.6) is 5.75 Å². The maximum absolute atomic E-state index is 6.01. The fourth-order valence-electron chi connectivity index (χ4n) is 1.28. The molecule has 0 fully saturated rings. The van der Waals surface area contributed by atoms with Crippen LogP contribution in [0.15, 0.2) is 22.7 Å². The Bertz CT molecular complexity index is 353. The van der Waals surface area contributed by atoms with Gasteiger partial charge in [0.15, 0.2) is 0 Å². The summed E-state index contributed by atoms with van der Waals surface area (Å²) in [5.41, 5.74) is 5.34. The minimum absolute atomic E-state index is 0.484. The van der Waals surface area contributed by atoms with E-state index in [2.05, 4.69) is 21.2 Å². The van der Waals surface area contributed by atoms with Crippen LogP contribution in [0.2, 0.25) is 5.02 Å². The number of nitrogens with two attached hydrogens (primary N) is 1. The van der Waals surface area contributed by atoms with Crippen molar-refractivity contribution < 1.29 is 9.47 Å². The van der Waals surface area contributed by atoms with Crippen LogP contribution in [0, 0.1) is 0 Å². The van der Waals surface area contributed by atoms with Gasteiger partial charge in [0, 0.05) is 24.1 Å². The lowest BCUT2D eigenvalue weighted by Gasteiger charge is -2.09. The molecule has 0 spiro atoms. The van der Waals surface area contributed by atoms with Gasteiger partial charge in [-0.15, -0.1) is 0 Å². The number of benzene rings is 1. The molecule has 1 aromatic carbocycles. The molecule has 0 unspecified atom stereocenters. The predicted octanol–water partition coefficient (Wildman–Crippen LogP) is 2.05. The van der Waals surface area contributed by atoms with Gasteiger partial charge in [-0.05, 0) is 18.2 Å². The number of rotatable bonds is 9. The van der Waals surface area contributed by atoms with E-state index in [0.717, 1.165) is 17.6 Å². The van der Waals surface area contributed by atoms with Gasteiger partial charge in [0.2, 0.25) is 0 Å². The van der Waals surface area contributed by atoms with Crippen molar-refractivity contribution >= 4 is 27.5 Å². The average molecular weight is 338 g/mol. The largest absolute Gasteiger partial charge is 0.490 e. The molecule has 0 bridgehead atoms. The summed E-state index contributed by atoms with van der Waals surface area (Å²) in [5.74, 6) is 0.671. The van der Waals surface area contributed by atoms with Crippen LogP contribution in [0.4, 0.5) is 0 Å². The minimum atomic E-state index is 0.484. The van der Waals surface area contributed by atoms with Crippen LogP contribution in [0.3, 0.4) is 0 Å². The second kappa shape index (κ2) is 9.58. The van der Waals surface area contributed by atoms with Crippen molar-refractivity contribution in [3.05, 3.63) is 27.7 Å². The lowest BCUT2D eigenvalue weighted by Crippen LogP contribution is -2.26. The molecule has 18 heavy (non-hydrogen) atoms. The Hall–Kier alpha value is -0.330. The van der Waals surface area contributed by atoms with Gasteiger partial charge in [0.1, 0.15) is 12.4 Å². The summed E-state index contributed by atoms with van der Waals surface area (Å²) in [7, 11) is 0. The predicted molar refractivity (Wildman–Crippen MR) is 77.4 cm³/mol. The van der Waals surface area contributed by atoms with Crippen molar-refractivity contribution in [2.24, 2.45) is 5.73 Å². The summed E-state index contributed by atoms with van der Waals surface area (Å²) in [6, 6.07) is 5.52. The van der Waals surface area contributed by atoms with Crippen molar-refractivity contribution in [2.45, 2.75) is 0 Å². The maximum atomic E-state index is 6.01. The fourth-order valence-corrected chi connectivity index (χ4v) is 2.00. The van der Waals surface area contributed by atoms with Crippen molar-refractivity contribution in [3.8, 4) is 5.75 Å². The smallest absolute Gasteiger partial charge is 0.138 e. The Labute approximate surface area is 121 Å². The minimum Gasteiger partial charge on any atom is -0.490 e. The highest BCUT2D eigenvalue weighted by Crippen LogP contribution is 2.27. The van der Waals surface area contributed by atoms with Gasteiger partial charge in [-0.2, -0.15) is 0 Å². The third-order valence-electron chi connectivity index (χ3n) is 2.12. The van der Waals surface area contributed by atoms with Crippen LogP contribution in [0.25, 0.3) is 0 Å². The Morgan fingerprint density at radius 3 is 2.78 bits per heavy atom. The zero-order chi connectivity index (χ0) is 13.2. The normalized spacial score (nSPS) is 10.6. The molecule has 3 N–H and O–H groups in total. The first-order valence-electron chi connectivity index (χ1n) is 5.80. The van der Waals surface area contributed by atoms with Crippen LogP contribution in [-0.2, 0) is 4.74 Å². The molecule has 6 heteroatoms. The maximum Gasteiger partial charge on any atom is 0.138 e. The molecule has 0 atom stereocenters. The van der Waals surface area contributed by atoms with E-state index in [9.17, 15) is 0 Å². The molecule has 102 valence electrons. The zero-order valence-corrected chi connectivity index (χ0v) is 12.5. The highest BCUT2D eigenvalue weighted by Gasteiger charge is 2.01. The molecule has 1 aromatic rings. The number of halogens is 2. The number of hydrogen-bond acceptors (Lipinski definition) is 4. The van der Waals surface area contributed by atoms with Crippen LogP contribution >= 0.6 is 27.5 Å². The van der Waals surface area contributed by atoms with Crippen molar-refractivity contribution in [1.29, 1.82) is 0 Å². The first-order valence-corrected chi connectivity index (χ1v) is 6.97. The van der Waals surface area contributed by atoms with Crippen molar-refractivity contribution in [2.75, 3.05) is 39.5 Å². The topological polar surface area (TPSA) is 56.5 Å². The third-order valence-corrected chi connectivity index (χ3v) is 2.91. The van der Waals surface area contributed by atoms with Gasteiger partial charge in [0.25, 0.3) is 0 Å². The lowest BCUT2D eigenvalue weighted by molar-refractivity contribution is 0.102. The Kier molecular flexibility index (Phi) is 8.37. The number of ether oxygens (including phenoxy) is 2. The van der Waals surface area contributed by atoms with Crippen LogP contribution in [0.1, 0.15) is 0 Å². The van der Waals surface area contributed by atoms with E-state index < -0.39 is 0 Å². The molecule has 0 saturated carbocycles. The van der Waals surface area contributed by atoms with Gasteiger partial charge < -0.3 is 20.5 Å². The molecule has 0 radical (unpaired) electrons. The summed E-state index contributed by atoms with van der Waals surface area (Å²) in [6.45, 7) is 3.93. The highest BCUT2D eigenvalue weighted by atomic mass is 79.9. The van der Waals surface area contributed by atoms with Gasteiger partial charge in [0.05, 0.1) is 18.2 Å². The van der Waals surface area contributed by atoms with E-state index in [1.807, 2.05) is 12.1 Å². The molecule has 0 aliphatic heterocycles. The van der Waals surface area contributed by atoms with Crippen molar-refractivity contribution in [1.82, 2.24) is 5.32 Å². The Morgan fingerprint density at radius 1 is 1.22 bits per heavy atom. The van der Waals surface area contributed by atoms with Gasteiger partial charge in [-0.25, -0.2) is 0 Å². The monoisotopic (exact) mass is 336 g/mol. The Balaban J connectivity index is 2.07. The number of nitrogens with one attached hydrogen (secondary N) is 1. The zero-order valence-electron chi connectivity index (χ0n) is 10.1. The van der Waals surface area contributed by atoms with E-state index in [-0.39, 0.29) is 0 Å². The summed E-state index contributed by atoms with van der Waals surface area (Å²) < 4.78 is 11.8. The first kappa shape index (κ1) is 15.7. The van der Waals surface area contributed by atoms with E-state index >= 15 is 0 Å². The van der Waals surface area contributed by atoms with Crippen LogP contribution in [-0.4, -0.2) is 39.5 Å². The van der Waals surface area contributed by atoms with Gasteiger partial charge in [-0.3, -0.25) is 0 Å². The SMILES string of the molecule is NCCNCCOCCOc1ccc(Br)cc1Cl. The molecule has 0 aliphatic rings. The molecule has 4 nitrogen and oxygen atoms in total. The fraction of sp³-hybridized carbons (Fsp3) is 0.500. The van der Waals surface area contributed by atoms with E-state index in [1.54, 1.807) is 6.07 Å². The second-order valence-electron chi connectivity index (χ2n) is 3.57. The molecule has 0 aromatic heterocycles. The van der Waals surface area contributed by atoms with E-state index in [4.69, 9.17) is 26.8 Å². The summed E-state index contributed by atoms with van der Waals surface area (Å²) in [6.07, 6.45) is 0. The molecule has 1 rings (SSSR count). The second-order valence-corrected chi connectivity index (χ2v) is 4.90. The molecule has 0 aliphatic carbocycles. The summed E-state index contributed by atoms with van der Waals surface area (Å²) in [5, 5.41) is 3.73. The molecular weight excluding hydrogens is 320 g/mol. The van der Waals surface area contributed by atoms with Crippen molar-refractivity contribution in [3.63, 3.8) is 0 Å².